The average Bonchev–Trinajstić information content (AvgIpc) is 2.46. The number of aromatic nitrogens is 1. The van der Waals surface area contributed by atoms with Crippen molar-refractivity contribution in [2.24, 2.45) is 0 Å². The highest BCUT2D eigenvalue weighted by atomic mass is 19.1. The number of methoxy groups -OCH3 is 1. The van der Waals surface area contributed by atoms with E-state index in [-0.39, 0.29) is 11.9 Å². The fourth-order valence-corrected chi connectivity index (χ4v) is 2.73. The molecule has 1 aromatic rings. The van der Waals surface area contributed by atoms with E-state index in [4.69, 9.17) is 9.47 Å². The molecule has 0 bridgehead atoms. The van der Waals surface area contributed by atoms with Gasteiger partial charge in [0.05, 0.1) is 17.8 Å². The first-order valence-electron chi connectivity index (χ1n) is 6.69. The van der Waals surface area contributed by atoms with Crippen LogP contribution in [0.1, 0.15) is 31.4 Å². The molecule has 5 heteroatoms. The summed E-state index contributed by atoms with van der Waals surface area (Å²) in [4.78, 5) is 3.81. The van der Waals surface area contributed by atoms with Crippen LogP contribution in [-0.4, -0.2) is 37.5 Å². The second-order valence-corrected chi connectivity index (χ2v) is 4.77. The third-order valence-electron chi connectivity index (χ3n) is 3.79. The van der Waals surface area contributed by atoms with Crippen LogP contribution in [0, 0.1) is 5.82 Å². The fourth-order valence-electron chi connectivity index (χ4n) is 2.73. The molecule has 0 spiro atoms. The van der Waals surface area contributed by atoms with Crippen molar-refractivity contribution in [2.45, 2.75) is 31.4 Å². The van der Waals surface area contributed by atoms with E-state index in [0.29, 0.717) is 18.8 Å². The van der Waals surface area contributed by atoms with Gasteiger partial charge in [-0.1, -0.05) is 6.92 Å². The molecule has 2 heterocycles. The van der Waals surface area contributed by atoms with Crippen LogP contribution < -0.4 is 5.32 Å². The monoisotopic (exact) mass is 268 g/mol. The van der Waals surface area contributed by atoms with Crippen molar-refractivity contribution in [3.8, 4) is 0 Å². The van der Waals surface area contributed by atoms with Gasteiger partial charge in [0.15, 0.2) is 0 Å². The summed E-state index contributed by atoms with van der Waals surface area (Å²) in [7, 11) is 1.69. The minimum atomic E-state index is -0.420. The Morgan fingerprint density at radius 2 is 2.26 bits per heavy atom. The van der Waals surface area contributed by atoms with Gasteiger partial charge in [-0.25, -0.2) is 4.39 Å². The van der Waals surface area contributed by atoms with Crippen LogP contribution in [0.5, 0.6) is 0 Å². The van der Waals surface area contributed by atoms with E-state index in [1.165, 1.54) is 6.20 Å². The second kappa shape index (κ2) is 6.41. The lowest BCUT2D eigenvalue weighted by Crippen LogP contribution is -2.49. The van der Waals surface area contributed by atoms with Crippen molar-refractivity contribution in [3.63, 3.8) is 0 Å². The number of hydrogen-bond acceptors (Lipinski definition) is 4. The zero-order valence-electron chi connectivity index (χ0n) is 11.5. The van der Waals surface area contributed by atoms with Crippen LogP contribution >= 0.6 is 0 Å². The first kappa shape index (κ1) is 14.4. The summed E-state index contributed by atoms with van der Waals surface area (Å²) in [5.74, 6) is -0.295. The van der Waals surface area contributed by atoms with Gasteiger partial charge in [-0.05, 0) is 12.6 Å². The molecule has 1 aliphatic rings. The van der Waals surface area contributed by atoms with Crippen LogP contribution in [-0.2, 0) is 9.47 Å². The zero-order chi connectivity index (χ0) is 13.7. The summed E-state index contributed by atoms with van der Waals surface area (Å²) in [5.41, 5.74) is 0.191. The van der Waals surface area contributed by atoms with Gasteiger partial charge in [-0.2, -0.15) is 0 Å². The molecule has 1 aromatic heterocycles. The number of rotatable bonds is 5. The molecule has 1 aliphatic heterocycles. The van der Waals surface area contributed by atoms with E-state index in [9.17, 15) is 4.39 Å². The molecule has 0 aromatic carbocycles. The molecule has 106 valence electrons. The molecule has 4 nitrogen and oxygen atoms in total. The summed E-state index contributed by atoms with van der Waals surface area (Å²) >= 11 is 0. The lowest BCUT2D eigenvalue weighted by atomic mass is 9.82. The predicted molar refractivity (Wildman–Crippen MR) is 70.4 cm³/mol. The van der Waals surface area contributed by atoms with Crippen molar-refractivity contribution in [3.05, 3.63) is 29.8 Å². The second-order valence-electron chi connectivity index (χ2n) is 4.77. The minimum Gasteiger partial charge on any atom is -0.381 e. The van der Waals surface area contributed by atoms with Gasteiger partial charge in [0, 0.05) is 44.9 Å². The Kier molecular flexibility index (Phi) is 4.85. The molecular weight excluding hydrogens is 247 g/mol. The number of likely N-dealkylation sites (N-methyl/N-ethyl adjacent to an activating group) is 1. The zero-order valence-corrected chi connectivity index (χ0v) is 11.5. The maximum Gasteiger partial charge on any atom is 0.146 e. The summed E-state index contributed by atoms with van der Waals surface area (Å²) < 4.78 is 25.2. The Balaban J connectivity index is 2.35. The van der Waals surface area contributed by atoms with Gasteiger partial charge >= 0.3 is 0 Å². The molecule has 0 amide bonds. The standard InChI is InChI=1S/C14H21FN2O2/c1-3-17-13(11-4-7-16-10-12(11)15)14(18-2)5-8-19-9-6-14/h4,7,10,13,17H,3,5-6,8-9H2,1-2H3. The molecule has 0 aliphatic carbocycles. The Morgan fingerprint density at radius 1 is 1.53 bits per heavy atom. The third-order valence-corrected chi connectivity index (χ3v) is 3.79. The van der Waals surface area contributed by atoms with Crippen LogP contribution in [0.4, 0.5) is 4.39 Å². The lowest BCUT2D eigenvalue weighted by Gasteiger charge is -2.42. The van der Waals surface area contributed by atoms with E-state index < -0.39 is 5.60 Å². The number of halogens is 1. The molecule has 1 fully saturated rings. The molecule has 19 heavy (non-hydrogen) atoms. The topological polar surface area (TPSA) is 43.4 Å². The first-order chi connectivity index (χ1) is 9.23. The van der Waals surface area contributed by atoms with Gasteiger partial charge in [0.1, 0.15) is 5.82 Å². The van der Waals surface area contributed by atoms with Gasteiger partial charge in [-0.3, -0.25) is 4.98 Å². The van der Waals surface area contributed by atoms with E-state index in [0.717, 1.165) is 19.4 Å². The first-order valence-corrected chi connectivity index (χ1v) is 6.69. The predicted octanol–water partition coefficient (Wildman–Crippen LogP) is 2.07. The Bertz CT molecular complexity index is 408. The average molecular weight is 268 g/mol. The van der Waals surface area contributed by atoms with Gasteiger partial charge in [-0.15, -0.1) is 0 Å². The van der Waals surface area contributed by atoms with Gasteiger partial charge in [0.2, 0.25) is 0 Å². The van der Waals surface area contributed by atoms with E-state index in [2.05, 4.69) is 10.3 Å². The summed E-state index contributed by atoms with van der Waals surface area (Å²) in [6.45, 7) is 4.04. The molecule has 1 unspecified atom stereocenters. The molecule has 1 N–H and O–H groups in total. The highest BCUT2D eigenvalue weighted by Gasteiger charge is 2.42. The quantitative estimate of drug-likeness (QED) is 0.888. The molecule has 0 saturated carbocycles. The largest absolute Gasteiger partial charge is 0.381 e. The van der Waals surface area contributed by atoms with Crippen molar-refractivity contribution >= 4 is 0 Å². The van der Waals surface area contributed by atoms with Crippen LogP contribution in [0.3, 0.4) is 0 Å². The van der Waals surface area contributed by atoms with Crippen LogP contribution in [0.25, 0.3) is 0 Å². The maximum absolute atomic E-state index is 14.0. The Hall–Kier alpha value is -1.04. The van der Waals surface area contributed by atoms with E-state index >= 15 is 0 Å². The minimum absolute atomic E-state index is 0.186. The van der Waals surface area contributed by atoms with Crippen LogP contribution in [0.2, 0.25) is 0 Å². The maximum atomic E-state index is 14.0. The number of nitrogens with one attached hydrogen (secondary N) is 1. The summed E-state index contributed by atoms with van der Waals surface area (Å²) in [6, 6.07) is 1.54. The number of nitrogens with zero attached hydrogens (tertiary/aromatic N) is 1. The van der Waals surface area contributed by atoms with E-state index in [1.54, 1.807) is 19.4 Å². The number of ether oxygens (including phenoxy) is 2. The highest BCUT2D eigenvalue weighted by Crippen LogP contribution is 2.38. The van der Waals surface area contributed by atoms with Crippen LogP contribution in [0.15, 0.2) is 18.5 Å². The molecule has 2 rings (SSSR count). The Morgan fingerprint density at radius 3 is 2.84 bits per heavy atom. The molecule has 0 radical (unpaired) electrons. The van der Waals surface area contributed by atoms with Gasteiger partial charge < -0.3 is 14.8 Å². The van der Waals surface area contributed by atoms with Crippen molar-refractivity contribution in [1.82, 2.24) is 10.3 Å². The van der Waals surface area contributed by atoms with E-state index in [1.807, 2.05) is 6.92 Å². The molecular formula is C14H21FN2O2. The SMILES string of the molecule is CCNC(c1ccncc1F)C1(OC)CCOCC1. The normalized spacial score (nSPS) is 20.2. The highest BCUT2D eigenvalue weighted by molar-refractivity contribution is 5.22. The smallest absolute Gasteiger partial charge is 0.146 e. The van der Waals surface area contributed by atoms with Crippen molar-refractivity contribution < 1.29 is 13.9 Å². The number of hydrogen-bond donors (Lipinski definition) is 1. The summed E-state index contributed by atoms with van der Waals surface area (Å²) in [5, 5.41) is 3.35. The molecule has 1 atom stereocenters. The fraction of sp³-hybridized carbons (Fsp3) is 0.643. The molecule has 1 saturated heterocycles. The lowest BCUT2D eigenvalue weighted by molar-refractivity contribution is -0.112. The van der Waals surface area contributed by atoms with Crippen molar-refractivity contribution in [2.75, 3.05) is 26.9 Å². The Labute approximate surface area is 113 Å². The summed E-state index contributed by atoms with van der Waals surface area (Å²) in [6.07, 6.45) is 4.37. The number of pyridine rings is 1. The third kappa shape index (κ3) is 2.94. The van der Waals surface area contributed by atoms with Crippen molar-refractivity contribution in [1.29, 1.82) is 0 Å². The van der Waals surface area contributed by atoms with Gasteiger partial charge in [0.25, 0.3) is 0 Å².